The molecule has 0 aliphatic carbocycles. The molecule has 29 heavy (non-hydrogen) atoms. The number of nitrogens with one attached hydrogen (secondary N) is 1. The second-order valence-corrected chi connectivity index (χ2v) is 8.15. The Kier molecular flexibility index (Phi) is 5.84. The lowest BCUT2D eigenvalue weighted by Crippen LogP contribution is -2.48. The fourth-order valence-corrected chi connectivity index (χ4v) is 4.40. The zero-order valence-corrected chi connectivity index (χ0v) is 17.0. The lowest BCUT2D eigenvalue weighted by atomic mass is 9.95. The zero-order chi connectivity index (χ0) is 20.2. The zero-order valence-electron chi connectivity index (χ0n) is 17.0. The van der Waals surface area contributed by atoms with Gasteiger partial charge in [0.25, 0.3) is 0 Å². The molecule has 2 heterocycles. The van der Waals surface area contributed by atoms with E-state index in [0.717, 1.165) is 31.4 Å². The van der Waals surface area contributed by atoms with E-state index in [1.165, 1.54) is 11.3 Å². The molecule has 0 unspecified atom stereocenters. The van der Waals surface area contributed by atoms with Crippen molar-refractivity contribution < 1.29 is 9.59 Å². The third-order valence-corrected chi connectivity index (χ3v) is 6.23. The maximum atomic E-state index is 13.0. The molecule has 2 aromatic carbocycles. The first-order valence-electron chi connectivity index (χ1n) is 10.6. The number of hydrogen-bond acceptors (Lipinski definition) is 3. The van der Waals surface area contributed by atoms with Crippen LogP contribution in [-0.4, -0.2) is 42.4 Å². The van der Waals surface area contributed by atoms with Crippen LogP contribution in [0.1, 0.15) is 31.7 Å². The molecule has 152 valence electrons. The van der Waals surface area contributed by atoms with E-state index < -0.39 is 0 Å². The Morgan fingerprint density at radius 1 is 0.966 bits per heavy atom. The molecule has 2 aliphatic heterocycles. The van der Waals surface area contributed by atoms with Gasteiger partial charge in [0.2, 0.25) is 11.8 Å². The topological polar surface area (TPSA) is 52.7 Å². The van der Waals surface area contributed by atoms with Gasteiger partial charge in [0.1, 0.15) is 0 Å². The number of para-hydroxylation sites is 2. The Bertz CT molecular complexity index is 859. The van der Waals surface area contributed by atoms with Crippen LogP contribution in [0.15, 0.2) is 54.6 Å². The average molecular weight is 392 g/mol. The number of amides is 2. The average Bonchev–Trinajstić information content (AvgIpc) is 2.76. The van der Waals surface area contributed by atoms with Crippen molar-refractivity contribution in [2.24, 2.45) is 5.92 Å². The van der Waals surface area contributed by atoms with Gasteiger partial charge >= 0.3 is 0 Å². The summed E-state index contributed by atoms with van der Waals surface area (Å²) in [5.74, 6) is 0.186. The SMILES string of the molecule is C[C@@H]1CCc2ccccc2N1CC(=O)N1CCC(C(=O)Nc2ccccc2)CC1. The molecule has 1 N–H and O–H groups in total. The van der Waals surface area contributed by atoms with E-state index in [4.69, 9.17) is 0 Å². The molecule has 1 fully saturated rings. The number of piperidine rings is 1. The molecule has 4 rings (SSSR count). The number of likely N-dealkylation sites (tertiary alicyclic amines) is 1. The molecule has 2 amide bonds. The van der Waals surface area contributed by atoms with Gasteiger partial charge in [-0.05, 0) is 56.4 Å². The van der Waals surface area contributed by atoms with Crippen LogP contribution in [0.25, 0.3) is 0 Å². The third-order valence-electron chi connectivity index (χ3n) is 6.23. The van der Waals surface area contributed by atoms with Crippen molar-refractivity contribution in [3.8, 4) is 0 Å². The third kappa shape index (κ3) is 4.44. The van der Waals surface area contributed by atoms with Crippen molar-refractivity contribution in [2.75, 3.05) is 29.9 Å². The van der Waals surface area contributed by atoms with Crippen molar-refractivity contribution in [3.63, 3.8) is 0 Å². The Hall–Kier alpha value is -2.82. The normalized spacial score (nSPS) is 19.6. The molecular weight excluding hydrogens is 362 g/mol. The van der Waals surface area contributed by atoms with Crippen LogP contribution in [0.3, 0.4) is 0 Å². The van der Waals surface area contributed by atoms with Gasteiger partial charge in [-0.15, -0.1) is 0 Å². The molecule has 0 saturated carbocycles. The lowest BCUT2D eigenvalue weighted by molar-refractivity contribution is -0.133. The summed E-state index contributed by atoms with van der Waals surface area (Å²) in [7, 11) is 0. The summed E-state index contributed by atoms with van der Waals surface area (Å²) >= 11 is 0. The highest BCUT2D eigenvalue weighted by Gasteiger charge is 2.30. The number of nitrogens with zero attached hydrogens (tertiary/aromatic N) is 2. The van der Waals surface area contributed by atoms with E-state index in [0.29, 0.717) is 25.7 Å². The second kappa shape index (κ2) is 8.68. The molecule has 5 heteroatoms. The number of carbonyl (C=O) groups excluding carboxylic acids is 2. The summed E-state index contributed by atoms with van der Waals surface area (Å²) in [6.45, 7) is 3.91. The fraction of sp³-hybridized carbons (Fsp3) is 0.417. The molecule has 5 nitrogen and oxygen atoms in total. The van der Waals surface area contributed by atoms with Gasteiger partial charge in [-0.1, -0.05) is 36.4 Å². The molecule has 0 spiro atoms. The number of hydrogen-bond donors (Lipinski definition) is 1. The number of rotatable bonds is 4. The van der Waals surface area contributed by atoms with E-state index in [-0.39, 0.29) is 17.7 Å². The standard InChI is InChI=1S/C24H29N3O2/c1-18-11-12-19-7-5-6-10-22(19)27(18)17-23(28)26-15-13-20(14-16-26)24(29)25-21-8-3-2-4-9-21/h2-10,18,20H,11-17H2,1H3,(H,25,29)/t18-/m1/s1. The lowest BCUT2D eigenvalue weighted by Gasteiger charge is -2.39. The predicted octanol–water partition coefficient (Wildman–Crippen LogP) is 3.71. The van der Waals surface area contributed by atoms with Gasteiger partial charge in [0, 0.05) is 36.4 Å². The van der Waals surface area contributed by atoms with E-state index in [2.05, 4.69) is 35.3 Å². The van der Waals surface area contributed by atoms with Crippen LogP contribution in [0.4, 0.5) is 11.4 Å². The maximum absolute atomic E-state index is 13.0. The monoisotopic (exact) mass is 391 g/mol. The Labute approximate surface area is 172 Å². The van der Waals surface area contributed by atoms with Crippen LogP contribution >= 0.6 is 0 Å². The second-order valence-electron chi connectivity index (χ2n) is 8.15. The van der Waals surface area contributed by atoms with Crippen molar-refractivity contribution in [1.82, 2.24) is 4.90 Å². The van der Waals surface area contributed by atoms with Crippen molar-refractivity contribution in [3.05, 3.63) is 60.2 Å². The Morgan fingerprint density at radius 3 is 2.41 bits per heavy atom. The van der Waals surface area contributed by atoms with Crippen molar-refractivity contribution in [1.29, 1.82) is 0 Å². The van der Waals surface area contributed by atoms with E-state index in [1.807, 2.05) is 41.3 Å². The summed E-state index contributed by atoms with van der Waals surface area (Å²) in [5.41, 5.74) is 3.35. The highest BCUT2D eigenvalue weighted by Crippen LogP contribution is 2.30. The number of carbonyl (C=O) groups is 2. The number of aryl methyl sites for hydroxylation is 1. The van der Waals surface area contributed by atoms with Gasteiger partial charge in [0.15, 0.2) is 0 Å². The number of anilines is 2. The van der Waals surface area contributed by atoms with Crippen LogP contribution in [0, 0.1) is 5.92 Å². The van der Waals surface area contributed by atoms with Gasteiger partial charge in [0.05, 0.1) is 6.54 Å². The first kappa shape index (κ1) is 19.5. The minimum atomic E-state index is -0.0334. The van der Waals surface area contributed by atoms with Crippen LogP contribution in [0.5, 0.6) is 0 Å². The maximum Gasteiger partial charge on any atom is 0.242 e. The first-order valence-corrected chi connectivity index (χ1v) is 10.6. The summed E-state index contributed by atoms with van der Waals surface area (Å²) in [6, 6.07) is 18.3. The summed E-state index contributed by atoms with van der Waals surface area (Å²) in [6.07, 6.45) is 3.59. The van der Waals surface area contributed by atoms with Crippen LogP contribution in [0.2, 0.25) is 0 Å². The Morgan fingerprint density at radius 2 is 1.66 bits per heavy atom. The minimum absolute atomic E-state index is 0.0334. The molecule has 1 saturated heterocycles. The summed E-state index contributed by atoms with van der Waals surface area (Å²) in [5, 5.41) is 2.99. The molecule has 0 bridgehead atoms. The highest BCUT2D eigenvalue weighted by atomic mass is 16.2. The molecule has 0 radical (unpaired) electrons. The van der Waals surface area contributed by atoms with Gasteiger partial charge < -0.3 is 15.1 Å². The first-order chi connectivity index (χ1) is 14.1. The predicted molar refractivity (Wildman–Crippen MR) is 116 cm³/mol. The molecule has 0 aromatic heterocycles. The van der Waals surface area contributed by atoms with Gasteiger partial charge in [-0.3, -0.25) is 9.59 Å². The summed E-state index contributed by atoms with van der Waals surface area (Å²) in [4.78, 5) is 29.7. The van der Waals surface area contributed by atoms with Gasteiger partial charge in [-0.25, -0.2) is 0 Å². The molecule has 1 atom stereocenters. The largest absolute Gasteiger partial charge is 0.359 e. The quantitative estimate of drug-likeness (QED) is 0.865. The smallest absolute Gasteiger partial charge is 0.242 e. The van der Waals surface area contributed by atoms with Crippen LogP contribution in [-0.2, 0) is 16.0 Å². The van der Waals surface area contributed by atoms with E-state index in [9.17, 15) is 9.59 Å². The van der Waals surface area contributed by atoms with Gasteiger partial charge in [-0.2, -0.15) is 0 Å². The van der Waals surface area contributed by atoms with E-state index >= 15 is 0 Å². The molecule has 2 aromatic rings. The van der Waals surface area contributed by atoms with Crippen molar-refractivity contribution in [2.45, 2.75) is 38.6 Å². The van der Waals surface area contributed by atoms with Crippen LogP contribution < -0.4 is 10.2 Å². The Balaban J connectivity index is 1.32. The molecule has 2 aliphatic rings. The fourth-order valence-electron chi connectivity index (χ4n) is 4.40. The molecular formula is C24H29N3O2. The summed E-state index contributed by atoms with van der Waals surface area (Å²) < 4.78 is 0. The van der Waals surface area contributed by atoms with Crippen molar-refractivity contribution >= 4 is 23.2 Å². The number of fused-ring (bicyclic) bond motifs is 1. The minimum Gasteiger partial charge on any atom is -0.359 e. The van der Waals surface area contributed by atoms with E-state index in [1.54, 1.807) is 0 Å². The highest BCUT2D eigenvalue weighted by molar-refractivity contribution is 5.92. The number of benzene rings is 2.